The quantitative estimate of drug-likeness (QED) is 0.502. The van der Waals surface area contributed by atoms with E-state index >= 15 is 0 Å². The van der Waals surface area contributed by atoms with Gasteiger partial charge in [0.15, 0.2) is 21.8 Å². The lowest BCUT2D eigenvalue weighted by Crippen LogP contribution is -2.27. The van der Waals surface area contributed by atoms with Crippen LogP contribution in [0.1, 0.15) is 18.2 Å². The van der Waals surface area contributed by atoms with Gasteiger partial charge < -0.3 is 5.32 Å². The number of ketones is 1. The van der Waals surface area contributed by atoms with Gasteiger partial charge in [0.2, 0.25) is 5.91 Å². The molecule has 1 unspecified atom stereocenters. The van der Waals surface area contributed by atoms with Gasteiger partial charge in [0.05, 0.1) is 11.8 Å². The third kappa shape index (κ3) is 4.08. The number of imidazole rings is 1. The first-order chi connectivity index (χ1) is 13.0. The standard InChI is InChI=1S/C19H15ClN4O2S/c1-2-12-3-5-13(6-4-12)22-18(26)14(11-21)16(25)8-7-15-17(20)23-19-24(15)9-10-27-19/h3-10,14H,2H2,1H3,(H,22,26)/b8-7+. The molecule has 1 atom stereocenters. The lowest BCUT2D eigenvalue weighted by atomic mass is 10.0. The molecule has 6 nitrogen and oxygen atoms in total. The molecule has 0 saturated carbocycles. The highest BCUT2D eigenvalue weighted by molar-refractivity contribution is 7.15. The van der Waals surface area contributed by atoms with Gasteiger partial charge in [-0.25, -0.2) is 4.98 Å². The van der Waals surface area contributed by atoms with Gasteiger partial charge in [-0.1, -0.05) is 30.7 Å². The zero-order valence-corrected chi connectivity index (χ0v) is 15.9. The maximum atomic E-state index is 12.3. The van der Waals surface area contributed by atoms with E-state index in [2.05, 4.69) is 10.3 Å². The van der Waals surface area contributed by atoms with E-state index in [0.29, 0.717) is 16.3 Å². The van der Waals surface area contributed by atoms with Crippen LogP contribution in [0.2, 0.25) is 5.15 Å². The summed E-state index contributed by atoms with van der Waals surface area (Å²) < 4.78 is 1.73. The molecule has 0 saturated heterocycles. The van der Waals surface area contributed by atoms with E-state index in [-0.39, 0.29) is 5.15 Å². The smallest absolute Gasteiger partial charge is 0.249 e. The van der Waals surface area contributed by atoms with Gasteiger partial charge >= 0.3 is 0 Å². The fourth-order valence-electron chi connectivity index (χ4n) is 2.47. The number of halogens is 1. The van der Waals surface area contributed by atoms with Crippen molar-refractivity contribution in [2.45, 2.75) is 13.3 Å². The zero-order chi connectivity index (χ0) is 19.4. The molecule has 0 aliphatic carbocycles. The number of aryl methyl sites for hydroxylation is 1. The maximum Gasteiger partial charge on any atom is 0.249 e. The first-order valence-electron chi connectivity index (χ1n) is 8.16. The Kier molecular flexibility index (Phi) is 5.69. The van der Waals surface area contributed by atoms with Crippen molar-refractivity contribution in [1.82, 2.24) is 9.38 Å². The number of hydrogen-bond donors (Lipinski definition) is 1. The number of allylic oxidation sites excluding steroid dienone is 1. The molecule has 1 N–H and O–H groups in total. The Balaban J connectivity index is 1.73. The van der Waals surface area contributed by atoms with Gasteiger partial charge in [0.25, 0.3) is 0 Å². The minimum atomic E-state index is -1.45. The number of carbonyl (C=O) groups is 2. The van der Waals surface area contributed by atoms with Gasteiger partial charge in [0, 0.05) is 17.3 Å². The Labute approximate surface area is 164 Å². The van der Waals surface area contributed by atoms with Crippen molar-refractivity contribution in [3.05, 3.63) is 58.3 Å². The van der Waals surface area contributed by atoms with Crippen LogP contribution in [0, 0.1) is 17.2 Å². The van der Waals surface area contributed by atoms with Crippen molar-refractivity contribution in [3.8, 4) is 6.07 Å². The molecule has 0 aliphatic rings. The number of nitrogens with zero attached hydrogens (tertiary/aromatic N) is 3. The van der Waals surface area contributed by atoms with Gasteiger partial charge in [-0.05, 0) is 36.3 Å². The van der Waals surface area contributed by atoms with Crippen LogP contribution in [-0.4, -0.2) is 21.1 Å². The zero-order valence-electron chi connectivity index (χ0n) is 14.3. The van der Waals surface area contributed by atoms with E-state index in [0.717, 1.165) is 12.0 Å². The molecule has 1 amide bonds. The summed E-state index contributed by atoms with van der Waals surface area (Å²) in [6.45, 7) is 2.03. The molecule has 27 heavy (non-hydrogen) atoms. The summed E-state index contributed by atoms with van der Waals surface area (Å²) in [7, 11) is 0. The number of benzene rings is 1. The molecule has 0 aliphatic heterocycles. The maximum absolute atomic E-state index is 12.3. The Morgan fingerprint density at radius 2 is 2.15 bits per heavy atom. The molecule has 0 bridgehead atoms. The van der Waals surface area contributed by atoms with Crippen LogP contribution in [-0.2, 0) is 16.0 Å². The predicted molar refractivity (Wildman–Crippen MR) is 106 cm³/mol. The van der Waals surface area contributed by atoms with E-state index in [4.69, 9.17) is 11.6 Å². The number of thiazole rings is 1. The minimum Gasteiger partial charge on any atom is -0.325 e. The average Bonchev–Trinajstić information content (AvgIpc) is 3.22. The number of rotatable bonds is 6. The van der Waals surface area contributed by atoms with Gasteiger partial charge in [-0.3, -0.25) is 14.0 Å². The number of amides is 1. The number of aromatic nitrogens is 2. The van der Waals surface area contributed by atoms with Crippen LogP contribution in [0.25, 0.3) is 11.0 Å². The van der Waals surface area contributed by atoms with Gasteiger partial charge in [-0.15, -0.1) is 11.3 Å². The second-order valence-electron chi connectivity index (χ2n) is 5.68. The van der Waals surface area contributed by atoms with Gasteiger partial charge in [-0.2, -0.15) is 5.26 Å². The van der Waals surface area contributed by atoms with Crippen molar-refractivity contribution in [2.24, 2.45) is 5.92 Å². The highest BCUT2D eigenvalue weighted by Gasteiger charge is 2.24. The van der Waals surface area contributed by atoms with Crippen molar-refractivity contribution < 1.29 is 9.59 Å². The third-order valence-electron chi connectivity index (χ3n) is 3.97. The van der Waals surface area contributed by atoms with E-state index in [1.54, 1.807) is 28.8 Å². The topological polar surface area (TPSA) is 87.3 Å². The Bertz CT molecular complexity index is 1060. The number of fused-ring (bicyclic) bond motifs is 1. The molecule has 136 valence electrons. The molecule has 2 heterocycles. The van der Waals surface area contributed by atoms with Crippen LogP contribution in [0.4, 0.5) is 5.69 Å². The summed E-state index contributed by atoms with van der Waals surface area (Å²) in [5.74, 6) is -2.74. The average molecular weight is 399 g/mol. The highest BCUT2D eigenvalue weighted by Crippen LogP contribution is 2.22. The number of anilines is 1. The lowest BCUT2D eigenvalue weighted by molar-refractivity contribution is -0.126. The summed E-state index contributed by atoms with van der Waals surface area (Å²) in [4.78, 5) is 29.5. The lowest BCUT2D eigenvalue weighted by Gasteiger charge is -2.08. The second kappa shape index (κ2) is 8.16. The first-order valence-corrected chi connectivity index (χ1v) is 9.41. The monoisotopic (exact) mass is 398 g/mol. The molecule has 0 fully saturated rings. The van der Waals surface area contributed by atoms with Crippen LogP contribution in [0.15, 0.2) is 41.9 Å². The van der Waals surface area contributed by atoms with E-state index < -0.39 is 17.6 Å². The predicted octanol–water partition coefficient (Wildman–Crippen LogP) is 3.97. The van der Waals surface area contributed by atoms with Crippen LogP contribution >= 0.6 is 22.9 Å². The van der Waals surface area contributed by atoms with Crippen LogP contribution in [0.3, 0.4) is 0 Å². The van der Waals surface area contributed by atoms with E-state index in [1.165, 1.54) is 23.5 Å². The minimum absolute atomic E-state index is 0.250. The summed E-state index contributed by atoms with van der Waals surface area (Å²) >= 11 is 7.48. The molecular weight excluding hydrogens is 384 g/mol. The molecule has 3 rings (SSSR count). The Hall–Kier alpha value is -2.95. The van der Waals surface area contributed by atoms with Crippen molar-refractivity contribution in [3.63, 3.8) is 0 Å². The SMILES string of the molecule is CCc1ccc(NC(=O)C(C#N)C(=O)/C=C/c2c(Cl)nc3sccn23)cc1. The number of nitriles is 1. The number of hydrogen-bond acceptors (Lipinski definition) is 5. The largest absolute Gasteiger partial charge is 0.325 e. The van der Waals surface area contributed by atoms with Crippen LogP contribution < -0.4 is 5.32 Å². The molecule has 0 spiro atoms. The molecular formula is C19H15ClN4O2S. The molecule has 1 aromatic carbocycles. The summed E-state index contributed by atoms with van der Waals surface area (Å²) in [5, 5.41) is 14.0. The van der Waals surface area contributed by atoms with Gasteiger partial charge in [0.1, 0.15) is 0 Å². The number of carbonyl (C=O) groups excluding carboxylic acids is 2. The summed E-state index contributed by atoms with van der Waals surface area (Å²) in [6.07, 6.45) is 5.30. The second-order valence-corrected chi connectivity index (χ2v) is 6.91. The number of nitrogens with one attached hydrogen (secondary N) is 1. The van der Waals surface area contributed by atoms with Crippen LogP contribution in [0.5, 0.6) is 0 Å². The molecule has 8 heteroatoms. The van der Waals surface area contributed by atoms with E-state index in [9.17, 15) is 14.9 Å². The highest BCUT2D eigenvalue weighted by atomic mass is 35.5. The van der Waals surface area contributed by atoms with Crippen molar-refractivity contribution in [2.75, 3.05) is 5.32 Å². The first kappa shape index (κ1) is 18.8. The summed E-state index contributed by atoms with van der Waals surface area (Å²) in [5.41, 5.74) is 2.18. The normalized spacial score (nSPS) is 12.2. The Morgan fingerprint density at radius 3 is 2.81 bits per heavy atom. The molecule has 2 aromatic heterocycles. The van der Waals surface area contributed by atoms with E-state index in [1.807, 2.05) is 24.4 Å². The fraction of sp³-hybridized carbons (Fsp3) is 0.158. The molecule has 0 radical (unpaired) electrons. The Morgan fingerprint density at radius 1 is 1.41 bits per heavy atom. The third-order valence-corrected chi connectivity index (χ3v) is 5.00. The fourth-order valence-corrected chi connectivity index (χ4v) is 3.48. The summed E-state index contributed by atoms with van der Waals surface area (Å²) in [6, 6.07) is 9.00. The van der Waals surface area contributed by atoms with Crippen molar-refractivity contribution >= 4 is 51.4 Å². The van der Waals surface area contributed by atoms with Crippen molar-refractivity contribution in [1.29, 1.82) is 5.26 Å². The molecule has 3 aromatic rings.